The van der Waals surface area contributed by atoms with E-state index in [1.165, 1.54) is 38.5 Å². The van der Waals surface area contributed by atoms with Crippen LogP contribution in [0.2, 0.25) is 0 Å². The number of pyridine rings is 2. The molecule has 0 atom stereocenters. The minimum Gasteiger partial charge on any atom is -0.309 e. The van der Waals surface area contributed by atoms with Gasteiger partial charge in [0.2, 0.25) is 0 Å². The summed E-state index contributed by atoms with van der Waals surface area (Å²) in [5, 5.41) is 2.55. The first-order valence-electron chi connectivity index (χ1n) is 12.6. The molecule has 0 aliphatic rings. The first kappa shape index (κ1) is 25.2. The smallest absolute Gasteiger partial charge is 0.108 e. The Labute approximate surface area is 244 Å². The average Bonchev–Trinajstić information content (AvgIpc) is 3.33. The standard InChI is InChI=1S/C17H11BrN2.C17H12BrN/c18-17-11-12(9-10-19-17)20-15-7-3-1-5-13(15)14-6-2-4-8-16(14)20;18-17-11-15(13-7-3-1-4-8-13)16(12-19-17)14-9-5-2-6-10-14/h1-11H;1-12H. The molecule has 0 saturated heterocycles. The van der Waals surface area contributed by atoms with Crippen LogP contribution in [0, 0.1) is 0 Å². The number of halogens is 2. The number of hydrogen-bond acceptors (Lipinski definition) is 2. The molecular formula is C34H23Br2N3. The summed E-state index contributed by atoms with van der Waals surface area (Å²) in [4.78, 5) is 8.57. The summed E-state index contributed by atoms with van der Waals surface area (Å²) in [5.41, 5.74) is 8.26. The Kier molecular flexibility index (Phi) is 7.35. The first-order chi connectivity index (χ1) is 19.2. The maximum Gasteiger partial charge on any atom is 0.108 e. The normalized spacial score (nSPS) is 10.8. The molecule has 0 bridgehead atoms. The quantitative estimate of drug-likeness (QED) is 0.181. The third kappa shape index (κ3) is 5.29. The Balaban J connectivity index is 0.000000142. The van der Waals surface area contributed by atoms with Gasteiger partial charge in [-0.15, -0.1) is 0 Å². The van der Waals surface area contributed by atoms with Crippen LogP contribution in [-0.4, -0.2) is 14.5 Å². The molecule has 0 saturated carbocycles. The van der Waals surface area contributed by atoms with Crippen LogP contribution >= 0.6 is 31.9 Å². The molecule has 0 spiro atoms. The van der Waals surface area contributed by atoms with E-state index in [-0.39, 0.29) is 0 Å². The zero-order valence-corrected chi connectivity index (χ0v) is 24.0. The Morgan fingerprint density at radius 2 is 1.00 bits per heavy atom. The van der Waals surface area contributed by atoms with Gasteiger partial charge in [0.05, 0.1) is 16.7 Å². The lowest BCUT2D eigenvalue weighted by molar-refractivity contribution is 1.14. The molecule has 5 heteroatoms. The van der Waals surface area contributed by atoms with E-state index in [1.54, 1.807) is 0 Å². The summed E-state index contributed by atoms with van der Waals surface area (Å²) in [7, 11) is 0. The minimum absolute atomic E-state index is 0.844. The molecular weight excluding hydrogens is 610 g/mol. The van der Waals surface area contributed by atoms with Gasteiger partial charge in [0.1, 0.15) is 9.21 Å². The highest BCUT2D eigenvalue weighted by molar-refractivity contribution is 9.10. The van der Waals surface area contributed by atoms with Gasteiger partial charge < -0.3 is 4.57 Å². The molecule has 3 aromatic heterocycles. The number of aromatic nitrogens is 3. The zero-order chi connectivity index (χ0) is 26.6. The van der Waals surface area contributed by atoms with Gasteiger partial charge in [0, 0.05) is 28.7 Å². The highest BCUT2D eigenvalue weighted by Gasteiger charge is 2.11. The van der Waals surface area contributed by atoms with Gasteiger partial charge in [-0.3, -0.25) is 0 Å². The van der Waals surface area contributed by atoms with Crippen LogP contribution in [-0.2, 0) is 0 Å². The van der Waals surface area contributed by atoms with Crippen LogP contribution in [0.5, 0.6) is 0 Å². The zero-order valence-electron chi connectivity index (χ0n) is 20.9. The fourth-order valence-electron chi connectivity index (χ4n) is 4.87. The molecule has 0 unspecified atom stereocenters. The van der Waals surface area contributed by atoms with Crippen molar-refractivity contribution in [1.82, 2.24) is 14.5 Å². The molecule has 3 heterocycles. The predicted molar refractivity (Wildman–Crippen MR) is 169 cm³/mol. The second-order valence-electron chi connectivity index (χ2n) is 8.99. The molecule has 0 aliphatic carbocycles. The monoisotopic (exact) mass is 631 g/mol. The van der Waals surface area contributed by atoms with E-state index < -0.39 is 0 Å². The Morgan fingerprint density at radius 3 is 1.59 bits per heavy atom. The lowest BCUT2D eigenvalue weighted by Crippen LogP contribution is -1.94. The van der Waals surface area contributed by atoms with E-state index in [1.807, 2.05) is 48.8 Å². The molecule has 0 radical (unpaired) electrons. The third-order valence-electron chi connectivity index (χ3n) is 6.59. The van der Waals surface area contributed by atoms with Crippen LogP contribution in [0.25, 0.3) is 49.7 Å². The van der Waals surface area contributed by atoms with Gasteiger partial charge in [-0.1, -0.05) is 97.1 Å². The van der Waals surface area contributed by atoms with Gasteiger partial charge >= 0.3 is 0 Å². The van der Waals surface area contributed by atoms with Gasteiger partial charge in [-0.2, -0.15) is 0 Å². The molecule has 39 heavy (non-hydrogen) atoms. The molecule has 4 aromatic carbocycles. The van der Waals surface area contributed by atoms with Gasteiger partial charge in [0.15, 0.2) is 0 Å². The van der Waals surface area contributed by atoms with Gasteiger partial charge in [-0.25, -0.2) is 9.97 Å². The number of nitrogens with zero attached hydrogens (tertiary/aromatic N) is 3. The summed E-state index contributed by atoms with van der Waals surface area (Å²) in [5.74, 6) is 0. The largest absolute Gasteiger partial charge is 0.309 e. The van der Waals surface area contributed by atoms with Crippen molar-refractivity contribution in [2.45, 2.75) is 0 Å². The van der Waals surface area contributed by atoms with Crippen molar-refractivity contribution >= 4 is 53.7 Å². The SMILES string of the molecule is Brc1cc(-c2ccccc2)c(-c2ccccc2)cn1.Brc1cc(-n2c3ccccc3c3ccccc32)ccn1. The number of hydrogen-bond donors (Lipinski definition) is 0. The summed E-state index contributed by atoms with van der Waals surface area (Å²) in [6.45, 7) is 0. The molecule has 7 aromatic rings. The van der Waals surface area contributed by atoms with E-state index in [2.05, 4.69) is 137 Å². The fraction of sp³-hybridized carbons (Fsp3) is 0. The topological polar surface area (TPSA) is 30.7 Å². The van der Waals surface area contributed by atoms with Crippen LogP contribution in [0.3, 0.4) is 0 Å². The molecule has 7 rings (SSSR count). The second kappa shape index (κ2) is 11.4. The van der Waals surface area contributed by atoms with E-state index in [0.29, 0.717) is 0 Å². The highest BCUT2D eigenvalue weighted by atomic mass is 79.9. The van der Waals surface area contributed by atoms with Crippen molar-refractivity contribution in [2.24, 2.45) is 0 Å². The summed E-state index contributed by atoms with van der Waals surface area (Å²) < 4.78 is 3.97. The van der Waals surface area contributed by atoms with Crippen molar-refractivity contribution < 1.29 is 0 Å². The van der Waals surface area contributed by atoms with Crippen LogP contribution < -0.4 is 0 Å². The Morgan fingerprint density at radius 1 is 0.487 bits per heavy atom. The van der Waals surface area contributed by atoms with Crippen LogP contribution in [0.15, 0.2) is 149 Å². The third-order valence-corrected chi connectivity index (χ3v) is 7.46. The van der Waals surface area contributed by atoms with Gasteiger partial charge in [0.25, 0.3) is 0 Å². The summed E-state index contributed by atoms with van der Waals surface area (Å²) >= 11 is 6.91. The molecule has 0 aliphatic heterocycles. The Bertz CT molecular complexity index is 1830. The van der Waals surface area contributed by atoms with Crippen molar-refractivity contribution in [1.29, 1.82) is 0 Å². The Hall–Kier alpha value is -4.06. The number of fused-ring (bicyclic) bond motifs is 3. The minimum atomic E-state index is 0.844. The van der Waals surface area contributed by atoms with Crippen molar-refractivity contribution in [3.05, 3.63) is 149 Å². The highest BCUT2D eigenvalue weighted by Crippen LogP contribution is 2.33. The van der Waals surface area contributed by atoms with E-state index in [4.69, 9.17) is 0 Å². The molecule has 3 nitrogen and oxygen atoms in total. The van der Waals surface area contributed by atoms with Crippen molar-refractivity contribution in [3.63, 3.8) is 0 Å². The molecule has 0 amide bonds. The van der Waals surface area contributed by atoms with Gasteiger partial charge in [-0.05, 0) is 78.9 Å². The predicted octanol–water partition coefficient (Wildman–Crippen LogP) is 10.1. The van der Waals surface area contributed by atoms with Crippen LogP contribution in [0.4, 0.5) is 0 Å². The van der Waals surface area contributed by atoms with E-state index in [0.717, 1.165) is 20.5 Å². The first-order valence-corrected chi connectivity index (χ1v) is 14.1. The molecule has 0 fully saturated rings. The second-order valence-corrected chi connectivity index (χ2v) is 10.6. The van der Waals surface area contributed by atoms with E-state index in [9.17, 15) is 0 Å². The molecule has 0 N–H and O–H groups in total. The maximum absolute atomic E-state index is 4.36. The van der Waals surface area contributed by atoms with Crippen molar-refractivity contribution in [3.8, 4) is 27.9 Å². The maximum atomic E-state index is 4.36. The van der Waals surface area contributed by atoms with Crippen molar-refractivity contribution in [2.75, 3.05) is 0 Å². The van der Waals surface area contributed by atoms with E-state index >= 15 is 0 Å². The molecule has 188 valence electrons. The summed E-state index contributed by atoms with van der Waals surface area (Å²) in [6, 6.07) is 43.8. The van der Waals surface area contributed by atoms with Crippen LogP contribution in [0.1, 0.15) is 0 Å². The summed E-state index contributed by atoms with van der Waals surface area (Å²) in [6.07, 6.45) is 3.74. The lowest BCUT2D eigenvalue weighted by Gasteiger charge is -2.10. The average molecular weight is 633 g/mol. The number of rotatable bonds is 3. The number of benzene rings is 4. The number of para-hydroxylation sites is 2. The fourth-order valence-corrected chi connectivity index (χ4v) is 5.55. The lowest BCUT2D eigenvalue weighted by atomic mass is 9.97.